The highest BCUT2D eigenvalue weighted by Gasteiger charge is 2.53. The quantitative estimate of drug-likeness (QED) is 0.779. The molecule has 0 aliphatic heterocycles. The molecule has 3 N–H and O–H groups in total. The summed E-state index contributed by atoms with van der Waals surface area (Å²) in [6, 6.07) is 0. The Kier molecular flexibility index (Phi) is 4.92. The Hall–Kier alpha value is -0.430. The summed E-state index contributed by atoms with van der Waals surface area (Å²) in [4.78, 5) is 11.2. The number of amides is 1. The van der Waals surface area contributed by atoms with Gasteiger partial charge < -0.3 is 11.1 Å². The summed E-state index contributed by atoms with van der Waals surface area (Å²) in [7, 11) is 0. The van der Waals surface area contributed by atoms with Crippen molar-refractivity contribution in [3.05, 3.63) is 0 Å². The number of hydrogen-bond acceptors (Lipinski definition) is 3. The Morgan fingerprint density at radius 2 is 2.00 bits per heavy atom. The molecule has 0 radical (unpaired) electrons. The highest BCUT2D eigenvalue weighted by atomic mass is 32.2. The molecule has 2 unspecified atom stereocenters. The fourth-order valence-corrected chi connectivity index (χ4v) is 0.882. The van der Waals surface area contributed by atoms with Crippen molar-refractivity contribution < 1.29 is 18.0 Å². The van der Waals surface area contributed by atoms with Crippen molar-refractivity contribution in [3.63, 3.8) is 0 Å². The van der Waals surface area contributed by atoms with Crippen LogP contribution < -0.4 is 11.1 Å². The maximum absolute atomic E-state index is 12.3. The summed E-state index contributed by atoms with van der Waals surface area (Å²) in [6.45, 7) is 2.63. The summed E-state index contributed by atoms with van der Waals surface area (Å²) in [5.41, 5.74) is 2.09. The van der Waals surface area contributed by atoms with Crippen LogP contribution in [0.5, 0.6) is 0 Å². The van der Waals surface area contributed by atoms with E-state index in [1.54, 1.807) is 6.92 Å². The maximum atomic E-state index is 12.3. The van der Waals surface area contributed by atoms with E-state index < -0.39 is 17.6 Å². The molecule has 3 nitrogen and oxygen atoms in total. The van der Waals surface area contributed by atoms with E-state index in [1.807, 2.05) is 6.26 Å². The van der Waals surface area contributed by atoms with Gasteiger partial charge in [0.2, 0.25) is 5.91 Å². The highest BCUT2D eigenvalue weighted by molar-refractivity contribution is 7.99. The first-order chi connectivity index (χ1) is 6.63. The lowest BCUT2D eigenvalue weighted by molar-refractivity contribution is -0.187. The number of alkyl halides is 3. The highest BCUT2D eigenvalue weighted by Crippen LogP contribution is 2.27. The van der Waals surface area contributed by atoms with Crippen LogP contribution in [0.25, 0.3) is 0 Å². The molecule has 0 saturated heterocycles. The van der Waals surface area contributed by atoms with E-state index in [4.69, 9.17) is 5.73 Å². The summed E-state index contributed by atoms with van der Waals surface area (Å²) in [5, 5.41) is 2.23. The number of nitrogens with one attached hydrogen (secondary N) is 1. The third-order valence-electron chi connectivity index (χ3n) is 2.01. The third kappa shape index (κ3) is 3.90. The van der Waals surface area contributed by atoms with Gasteiger partial charge in [0.15, 0.2) is 5.54 Å². The zero-order valence-corrected chi connectivity index (χ0v) is 9.63. The van der Waals surface area contributed by atoms with Crippen molar-refractivity contribution in [2.24, 2.45) is 5.73 Å². The van der Waals surface area contributed by atoms with Crippen LogP contribution in [0.1, 0.15) is 13.8 Å². The molecule has 15 heavy (non-hydrogen) atoms. The van der Waals surface area contributed by atoms with E-state index in [0.29, 0.717) is 6.92 Å². The van der Waals surface area contributed by atoms with Gasteiger partial charge in [-0.3, -0.25) is 4.79 Å². The lowest BCUT2D eigenvalue weighted by Gasteiger charge is -2.26. The summed E-state index contributed by atoms with van der Waals surface area (Å²) in [5.74, 6) is -1.20. The van der Waals surface area contributed by atoms with Gasteiger partial charge in [0.1, 0.15) is 0 Å². The van der Waals surface area contributed by atoms with Gasteiger partial charge in [-0.2, -0.15) is 24.9 Å². The number of carbonyl (C=O) groups excluding carboxylic acids is 1. The second-order valence-electron chi connectivity index (χ2n) is 3.46. The molecule has 0 aromatic heterocycles. The lowest BCUT2D eigenvalue weighted by Crippen LogP contribution is -2.61. The molecule has 1 amide bonds. The van der Waals surface area contributed by atoms with E-state index in [-0.39, 0.29) is 11.8 Å². The minimum atomic E-state index is -4.74. The zero-order valence-electron chi connectivity index (χ0n) is 8.81. The first-order valence-corrected chi connectivity index (χ1v) is 5.58. The Balaban J connectivity index is 4.33. The summed E-state index contributed by atoms with van der Waals surface area (Å²) < 4.78 is 36.9. The fraction of sp³-hybridized carbons (Fsp3) is 0.875. The Morgan fingerprint density at radius 3 is 2.33 bits per heavy atom. The van der Waals surface area contributed by atoms with Gasteiger partial charge in [0, 0.05) is 11.8 Å². The average molecular weight is 244 g/mol. The number of carbonyl (C=O) groups is 1. The molecule has 0 aromatic rings. The molecular weight excluding hydrogens is 229 g/mol. The van der Waals surface area contributed by atoms with Crippen LogP contribution in [0, 0.1) is 0 Å². The molecule has 0 heterocycles. The number of halogens is 3. The van der Waals surface area contributed by atoms with Crippen molar-refractivity contribution in [2.45, 2.75) is 30.8 Å². The van der Waals surface area contributed by atoms with Crippen molar-refractivity contribution >= 4 is 17.7 Å². The van der Waals surface area contributed by atoms with Crippen molar-refractivity contribution in [3.8, 4) is 0 Å². The lowest BCUT2D eigenvalue weighted by atomic mass is 10.0. The topological polar surface area (TPSA) is 55.1 Å². The largest absolute Gasteiger partial charge is 0.415 e. The first-order valence-electron chi connectivity index (χ1n) is 4.29. The molecule has 0 aliphatic rings. The smallest absolute Gasteiger partial charge is 0.353 e. The van der Waals surface area contributed by atoms with Gasteiger partial charge in [-0.25, -0.2) is 0 Å². The SMILES string of the molecule is CSC(C)CNC(=O)C(C)(N)C(F)(F)F. The van der Waals surface area contributed by atoms with Crippen LogP contribution >= 0.6 is 11.8 Å². The Bertz CT molecular complexity index is 230. The molecule has 0 aromatic carbocycles. The zero-order chi connectivity index (χ0) is 12.3. The third-order valence-corrected chi connectivity index (χ3v) is 2.98. The molecule has 90 valence electrons. The van der Waals surface area contributed by atoms with Crippen molar-refractivity contribution in [1.82, 2.24) is 5.32 Å². The Morgan fingerprint density at radius 1 is 1.53 bits per heavy atom. The van der Waals surface area contributed by atoms with Gasteiger partial charge in [0.05, 0.1) is 0 Å². The molecule has 0 bridgehead atoms. The van der Waals surface area contributed by atoms with Crippen LogP contribution in [-0.4, -0.2) is 35.7 Å². The monoisotopic (exact) mass is 244 g/mol. The first kappa shape index (κ1) is 14.6. The minimum absolute atomic E-state index is 0.0537. The minimum Gasteiger partial charge on any atom is -0.353 e. The molecule has 0 rings (SSSR count). The van der Waals surface area contributed by atoms with Gasteiger partial charge in [0.25, 0.3) is 0 Å². The van der Waals surface area contributed by atoms with Gasteiger partial charge >= 0.3 is 6.18 Å². The summed E-state index contributed by atoms with van der Waals surface area (Å²) in [6.07, 6.45) is -2.93. The predicted molar refractivity (Wildman–Crippen MR) is 54.6 cm³/mol. The van der Waals surface area contributed by atoms with E-state index >= 15 is 0 Å². The van der Waals surface area contributed by atoms with E-state index in [9.17, 15) is 18.0 Å². The molecule has 7 heteroatoms. The van der Waals surface area contributed by atoms with Crippen molar-refractivity contribution in [1.29, 1.82) is 0 Å². The normalized spacial score (nSPS) is 18.1. The average Bonchev–Trinajstić information content (AvgIpc) is 2.11. The Labute approximate surface area is 91.0 Å². The molecule has 0 spiro atoms. The van der Waals surface area contributed by atoms with Crippen LogP contribution in [-0.2, 0) is 4.79 Å². The second-order valence-corrected chi connectivity index (χ2v) is 4.73. The fourth-order valence-electron chi connectivity index (χ4n) is 0.632. The van der Waals surface area contributed by atoms with Gasteiger partial charge in [-0.1, -0.05) is 6.92 Å². The standard InChI is InChI=1S/C8H15F3N2OS/c1-5(15-3)4-13-6(14)7(2,12)8(9,10)11/h5H,4,12H2,1-3H3,(H,13,14). The number of hydrogen-bond donors (Lipinski definition) is 2. The van der Waals surface area contributed by atoms with Crippen LogP contribution in [0.3, 0.4) is 0 Å². The van der Waals surface area contributed by atoms with E-state index in [2.05, 4.69) is 5.32 Å². The van der Waals surface area contributed by atoms with Crippen LogP contribution in [0.4, 0.5) is 13.2 Å². The number of rotatable bonds is 4. The molecule has 0 fully saturated rings. The molecule has 0 aliphatic carbocycles. The molecule has 2 atom stereocenters. The van der Waals surface area contributed by atoms with E-state index in [0.717, 1.165) is 0 Å². The van der Waals surface area contributed by atoms with Crippen LogP contribution in [0.2, 0.25) is 0 Å². The maximum Gasteiger partial charge on any atom is 0.415 e. The van der Waals surface area contributed by atoms with Gasteiger partial charge in [-0.15, -0.1) is 0 Å². The van der Waals surface area contributed by atoms with E-state index in [1.165, 1.54) is 11.8 Å². The second kappa shape index (κ2) is 5.07. The van der Waals surface area contributed by atoms with Gasteiger partial charge in [-0.05, 0) is 13.2 Å². The van der Waals surface area contributed by atoms with Crippen LogP contribution in [0.15, 0.2) is 0 Å². The number of thioether (sulfide) groups is 1. The predicted octanol–water partition coefficient (Wildman–Crippen LogP) is 1.13. The summed E-state index contributed by atoms with van der Waals surface area (Å²) >= 11 is 1.45. The van der Waals surface area contributed by atoms with Crippen molar-refractivity contribution in [2.75, 3.05) is 12.8 Å². The number of nitrogens with two attached hydrogens (primary N) is 1. The molecular formula is C8H15F3N2OS. The molecule has 0 saturated carbocycles.